The first kappa shape index (κ1) is 13.6. The quantitative estimate of drug-likeness (QED) is 0.671. The highest BCUT2D eigenvalue weighted by atomic mass is 19.1. The lowest BCUT2D eigenvalue weighted by Gasteiger charge is -2.17. The lowest BCUT2D eigenvalue weighted by atomic mass is 10.0. The van der Waals surface area contributed by atoms with Crippen LogP contribution in [0.5, 0.6) is 0 Å². The Labute approximate surface area is 124 Å². The maximum atomic E-state index is 13.4. The van der Waals surface area contributed by atoms with Crippen LogP contribution in [0.2, 0.25) is 0 Å². The molecule has 21 heavy (non-hydrogen) atoms. The zero-order valence-electron chi connectivity index (χ0n) is 12.2. The molecule has 3 aromatic rings. The van der Waals surface area contributed by atoms with Gasteiger partial charge in [-0.1, -0.05) is 36.4 Å². The molecule has 0 aliphatic rings. The van der Waals surface area contributed by atoms with Crippen LogP contribution in [-0.4, -0.2) is 0 Å². The number of nitrogens with one attached hydrogen (secondary N) is 1. The van der Waals surface area contributed by atoms with Gasteiger partial charge in [-0.3, -0.25) is 0 Å². The molecule has 1 unspecified atom stereocenters. The number of fused-ring (bicyclic) bond motifs is 1. The van der Waals surface area contributed by atoms with E-state index in [1.165, 1.54) is 28.5 Å². The second-order valence-electron chi connectivity index (χ2n) is 5.49. The van der Waals surface area contributed by atoms with Crippen molar-refractivity contribution in [1.82, 2.24) is 0 Å². The molecule has 0 heterocycles. The van der Waals surface area contributed by atoms with Crippen molar-refractivity contribution in [2.45, 2.75) is 19.9 Å². The highest BCUT2D eigenvalue weighted by molar-refractivity contribution is 5.83. The molecule has 0 amide bonds. The van der Waals surface area contributed by atoms with Gasteiger partial charge < -0.3 is 5.32 Å². The summed E-state index contributed by atoms with van der Waals surface area (Å²) in [6.07, 6.45) is 0. The van der Waals surface area contributed by atoms with E-state index in [0.717, 1.165) is 11.3 Å². The van der Waals surface area contributed by atoms with Gasteiger partial charge in [-0.2, -0.15) is 0 Å². The van der Waals surface area contributed by atoms with Crippen LogP contribution in [0, 0.1) is 12.7 Å². The predicted molar refractivity (Wildman–Crippen MR) is 87.1 cm³/mol. The summed E-state index contributed by atoms with van der Waals surface area (Å²) in [5, 5.41) is 5.82. The van der Waals surface area contributed by atoms with Crippen molar-refractivity contribution in [3.8, 4) is 0 Å². The lowest BCUT2D eigenvalue weighted by Crippen LogP contribution is -2.07. The number of halogens is 1. The van der Waals surface area contributed by atoms with Crippen molar-refractivity contribution in [3.05, 3.63) is 77.6 Å². The van der Waals surface area contributed by atoms with E-state index in [0.29, 0.717) is 0 Å². The first-order valence-corrected chi connectivity index (χ1v) is 7.14. The maximum absolute atomic E-state index is 13.4. The normalized spacial score (nSPS) is 12.3. The first-order chi connectivity index (χ1) is 10.1. The van der Waals surface area contributed by atoms with Crippen LogP contribution in [0.3, 0.4) is 0 Å². The van der Waals surface area contributed by atoms with Gasteiger partial charge in [-0.15, -0.1) is 0 Å². The Morgan fingerprint density at radius 2 is 1.67 bits per heavy atom. The standard InChI is InChI=1S/C19H18FN/c1-13-9-18(20)12-19(10-13)21-14(2)16-8-7-15-5-3-4-6-17(15)11-16/h3-12,14,21H,1-2H3. The smallest absolute Gasteiger partial charge is 0.125 e. The average molecular weight is 279 g/mol. The van der Waals surface area contributed by atoms with Crippen LogP contribution in [0.25, 0.3) is 10.8 Å². The molecule has 1 nitrogen and oxygen atoms in total. The van der Waals surface area contributed by atoms with Crippen molar-refractivity contribution < 1.29 is 4.39 Å². The van der Waals surface area contributed by atoms with Crippen molar-refractivity contribution in [1.29, 1.82) is 0 Å². The molecule has 0 aliphatic heterocycles. The summed E-state index contributed by atoms with van der Waals surface area (Å²) >= 11 is 0. The van der Waals surface area contributed by atoms with Gasteiger partial charge in [0.1, 0.15) is 5.82 Å². The molecule has 1 N–H and O–H groups in total. The largest absolute Gasteiger partial charge is 0.378 e. The van der Waals surface area contributed by atoms with E-state index in [4.69, 9.17) is 0 Å². The topological polar surface area (TPSA) is 12.0 Å². The molecule has 0 bridgehead atoms. The van der Waals surface area contributed by atoms with E-state index in [9.17, 15) is 4.39 Å². The Kier molecular flexibility index (Phi) is 3.61. The average Bonchev–Trinajstić information content (AvgIpc) is 2.45. The zero-order valence-corrected chi connectivity index (χ0v) is 12.2. The van der Waals surface area contributed by atoms with Gasteiger partial charge in [-0.25, -0.2) is 4.39 Å². The van der Waals surface area contributed by atoms with E-state index < -0.39 is 0 Å². The highest BCUT2D eigenvalue weighted by Crippen LogP contribution is 2.24. The molecule has 3 aromatic carbocycles. The van der Waals surface area contributed by atoms with Gasteiger partial charge in [0.05, 0.1) is 0 Å². The van der Waals surface area contributed by atoms with Gasteiger partial charge in [0, 0.05) is 11.7 Å². The minimum Gasteiger partial charge on any atom is -0.378 e. The minimum absolute atomic E-state index is 0.121. The molecule has 2 heteroatoms. The summed E-state index contributed by atoms with van der Waals surface area (Å²) in [5.74, 6) is -0.205. The number of benzene rings is 3. The highest BCUT2D eigenvalue weighted by Gasteiger charge is 2.07. The number of rotatable bonds is 3. The number of hydrogen-bond acceptors (Lipinski definition) is 1. The number of aryl methyl sites for hydroxylation is 1. The molecule has 0 aliphatic carbocycles. The third-order valence-electron chi connectivity index (χ3n) is 3.70. The molecule has 0 spiro atoms. The fourth-order valence-electron chi connectivity index (χ4n) is 2.63. The van der Waals surface area contributed by atoms with E-state index >= 15 is 0 Å². The van der Waals surface area contributed by atoms with Crippen LogP contribution >= 0.6 is 0 Å². The van der Waals surface area contributed by atoms with Crippen LogP contribution in [0.15, 0.2) is 60.7 Å². The Bertz CT molecular complexity index is 759. The second-order valence-corrected chi connectivity index (χ2v) is 5.49. The van der Waals surface area contributed by atoms with Gasteiger partial charge >= 0.3 is 0 Å². The maximum Gasteiger partial charge on any atom is 0.125 e. The van der Waals surface area contributed by atoms with Gasteiger partial charge in [-0.05, 0) is 60.0 Å². The van der Waals surface area contributed by atoms with Gasteiger partial charge in [0.2, 0.25) is 0 Å². The van der Waals surface area contributed by atoms with E-state index in [2.05, 4.69) is 42.6 Å². The monoisotopic (exact) mass is 279 g/mol. The van der Waals surface area contributed by atoms with Gasteiger partial charge in [0.15, 0.2) is 0 Å². The molecular formula is C19H18FN. The third-order valence-corrected chi connectivity index (χ3v) is 3.70. The second kappa shape index (κ2) is 5.57. The molecular weight excluding hydrogens is 261 g/mol. The number of hydrogen-bond donors (Lipinski definition) is 1. The van der Waals surface area contributed by atoms with Crippen molar-refractivity contribution >= 4 is 16.5 Å². The summed E-state index contributed by atoms with van der Waals surface area (Å²) in [4.78, 5) is 0. The Morgan fingerprint density at radius 1 is 0.905 bits per heavy atom. The summed E-state index contributed by atoms with van der Waals surface area (Å²) < 4.78 is 13.4. The lowest BCUT2D eigenvalue weighted by molar-refractivity contribution is 0.626. The van der Waals surface area contributed by atoms with Crippen LogP contribution in [-0.2, 0) is 0 Å². The fraction of sp³-hybridized carbons (Fsp3) is 0.158. The molecule has 3 rings (SSSR count). The van der Waals surface area contributed by atoms with Crippen molar-refractivity contribution in [2.24, 2.45) is 0 Å². The first-order valence-electron chi connectivity index (χ1n) is 7.14. The van der Waals surface area contributed by atoms with Crippen molar-refractivity contribution in [2.75, 3.05) is 5.32 Å². The molecule has 0 saturated heterocycles. The van der Waals surface area contributed by atoms with E-state index in [-0.39, 0.29) is 11.9 Å². The fourth-order valence-corrected chi connectivity index (χ4v) is 2.63. The summed E-state index contributed by atoms with van der Waals surface area (Å²) in [5.41, 5.74) is 2.92. The van der Waals surface area contributed by atoms with Crippen LogP contribution < -0.4 is 5.32 Å². The van der Waals surface area contributed by atoms with E-state index in [1.54, 1.807) is 0 Å². The Hall–Kier alpha value is -2.35. The summed E-state index contributed by atoms with van der Waals surface area (Å²) in [6.45, 7) is 3.99. The molecule has 106 valence electrons. The molecule has 0 fully saturated rings. The third kappa shape index (κ3) is 3.05. The van der Waals surface area contributed by atoms with E-state index in [1.807, 2.05) is 25.1 Å². The van der Waals surface area contributed by atoms with Crippen molar-refractivity contribution in [3.63, 3.8) is 0 Å². The summed E-state index contributed by atoms with van der Waals surface area (Å²) in [6, 6.07) is 19.9. The molecule has 0 aromatic heterocycles. The zero-order chi connectivity index (χ0) is 14.8. The number of anilines is 1. The predicted octanol–water partition coefficient (Wildman–Crippen LogP) is 5.46. The SMILES string of the molecule is Cc1cc(F)cc(NC(C)c2ccc3ccccc3c2)c1. The molecule has 1 atom stereocenters. The molecule has 0 saturated carbocycles. The van der Waals surface area contributed by atoms with Crippen LogP contribution in [0.4, 0.5) is 10.1 Å². The summed E-state index contributed by atoms with van der Waals surface area (Å²) in [7, 11) is 0. The Balaban J connectivity index is 1.87. The Morgan fingerprint density at radius 3 is 2.43 bits per heavy atom. The molecule has 0 radical (unpaired) electrons. The van der Waals surface area contributed by atoms with Crippen LogP contribution in [0.1, 0.15) is 24.1 Å². The minimum atomic E-state index is -0.205. The van der Waals surface area contributed by atoms with Gasteiger partial charge in [0.25, 0.3) is 0 Å².